The predicted molar refractivity (Wildman–Crippen MR) is 90.6 cm³/mol. The summed E-state index contributed by atoms with van der Waals surface area (Å²) in [5.74, 6) is -0.605. The van der Waals surface area contributed by atoms with Crippen molar-refractivity contribution in [1.29, 1.82) is 0 Å². The molecule has 1 aromatic rings. The van der Waals surface area contributed by atoms with E-state index in [0.29, 0.717) is 13.0 Å². The monoisotopic (exact) mass is 329 g/mol. The largest absolute Gasteiger partial charge is 0.327 e. The fourth-order valence-electron chi connectivity index (χ4n) is 3.41. The van der Waals surface area contributed by atoms with Crippen molar-refractivity contribution in [3.8, 4) is 0 Å². The number of benzene rings is 1. The summed E-state index contributed by atoms with van der Waals surface area (Å²) in [4.78, 5) is 39.6. The Labute approximate surface area is 141 Å². The highest BCUT2D eigenvalue weighted by molar-refractivity contribution is 6.08. The zero-order chi connectivity index (χ0) is 17.5. The normalized spacial score (nSPS) is 20.5. The fraction of sp³-hybridized carbons (Fsp3) is 0.500. The molecule has 1 atom stereocenters. The second kappa shape index (κ2) is 5.92. The minimum Gasteiger partial charge on any atom is -0.324 e. The molecule has 0 spiro atoms. The lowest BCUT2D eigenvalue weighted by molar-refractivity contribution is -0.131. The molecular weight excluding hydrogens is 306 g/mol. The Morgan fingerprint density at radius 1 is 1.25 bits per heavy atom. The van der Waals surface area contributed by atoms with Gasteiger partial charge >= 0.3 is 6.03 Å². The second-order valence-corrected chi connectivity index (χ2v) is 7.40. The van der Waals surface area contributed by atoms with Crippen molar-refractivity contribution < 1.29 is 14.4 Å². The minimum atomic E-state index is -0.368. The lowest BCUT2D eigenvalue weighted by Crippen LogP contribution is -2.39. The number of nitrogens with zero attached hydrogens (tertiary/aromatic N) is 2. The first kappa shape index (κ1) is 16.5. The molecule has 128 valence electrons. The standard InChI is InChI=1S/C18H23N3O3/c1-18(2,3)12-7-4-5-8-13(12)19-15(22)11-21-16(23)14-9-6-10-20(14)17(21)24/h4-5,7-8,14H,6,9-11H2,1-3H3,(H,19,22). The highest BCUT2D eigenvalue weighted by Crippen LogP contribution is 2.30. The van der Waals surface area contributed by atoms with Crippen molar-refractivity contribution in [2.24, 2.45) is 0 Å². The number of amides is 4. The Hall–Kier alpha value is -2.37. The van der Waals surface area contributed by atoms with Crippen molar-refractivity contribution in [3.63, 3.8) is 0 Å². The maximum absolute atomic E-state index is 12.4. The molecule has 3 rings (SSSR count). The number of fused-ring (bicyclic) bond motifs is 1. The molecule has 6 nitrogen and oxygen atoms in total. The number of hydrogen-bond acceptors (Lipinski definition) is 3. The Balaban J connectivity index is 1.71. The topological polar surface area (TPSA) is 69.7 Å². The molecule has 24 heavy (non-hydrogen) atoms. The first-order chi connectivity index (χ1) is 11.3. The van der Waals surface area contributed by atoms with Crippen LogP contribution in [0.5, 0.6) is 0 Å². The lowest BCUT2D eigenvalue weighted by Gasteiger charge is -2.23. The van der Waals surface area contributed by atoms with Gasteiger partial charge in [0.15, 0.2) is 0 Å². The number of anilines is 1. The Kier molecular flexibility index (Phi) is 4.07. The van der Waals surface area contributed by atoms with E-state index in [-0.39, 0.29) is 35.8 Å². The van der Waals surface area contributed by atoms with Crippen molar-refractivity contribution in [2.75, 3.05) is 18.4 Å². The lowest BCUT2D eigenvalue weighted by atomic mass is 9.86. The van der Waals surface area contributed by atoms with Crippen LogP contribution in [-0.2, 0) is 15.0 Å². The van der Waals surface area contributed by atoms with Crippen LogP contribution in [0.25, 0.3) is 0 Å². The summed E-state index contributed by atoms with van der Waals surface area (Å²) in [5, 5.41) is 2.85. The van der Waals surface area contributed by atoms with Gasteiger partial charge in [0, 0.05) is 12.2 Å². The van der Waals surface area contributed by atoms with Crippen molar-refractivity contribution in [2.45, 2.75) is 45.1 Å². The third kappa shape index (κ3) is 2.88. The van der Waals surface area contributed by atoms with Crippen LogP contribution in [0.1, 0.15) is 39.2 Å². The van der Waals surface area contributed by atoms with Gasteiger partial charge in [-0.1, -0.05) is 39.0 Å². The van der Waals surface area contributed by atoms with Crippen molar-refractivity contribution >= 4 is 23.5 Å². The van der Waals surface area contributed by atoms with Crippen LogP contribution in [0, 0.1) is 0 Å². The van der Waals surface area contributed by atoms with E-state index in [9.17, 15) is 14.4 Å². The van der Waals surface area contributed by atoms with Gasteiger partial charge in [0.1, 0.15) is 12.6 Å². The first-order valence-electron chi connectivity index (χ1n) is 8.30. The smallest absolute Gasteiger partial charge is 0.324 e. The Bertz CT molecular complexity index is 671. The number of urea groups is 1. The van der Waals surface area contributed by atoms with Gasteiger partial charge < -0.3 is 10.2 Å². The van der Waals surface area contributed by atoms with Crippen LogP contribution in [0.3, 0.4) is 0 Å². The van der Waals surface area contributed by atoms with Crippen molar-refractivity contribution in [1.82, 2.24) is 9.80 Å². The van der Waals surface area contributed by atoms with Crippen LogP contribution in [0.4, 0.5) is 10.5 Å². The molecule has 0 aliphatic carbocycles. The average molecular weight is 329 g/mol. The molecule has 2 fully saturated rings. The molecular formula is C18H23N3O3. The number of hydrogen-bond donors (Lipinski definition) is 1. The van der Waals surface area contributed by atoms with E-state index in [4.69, 9.17) is 0 Å². The summed E-state index contributed by atoms with van der Waals surface area (Å²) < 4.78 is 0. The number of carbonyl (C=O) groups excluding carboxylic acids is 3. The molecule has 6 heteroatoms. The van der Waals surface area contributed by atoms with Gasteiger partial charge in [-0.2, -0.15) is 0 Å². The van der Waals surface area contributed by atoms with E-state index >= 15 is 0 Å². The molecule has 2 heterocycles. The van der Waals surface area contributed by atoms with Crippen LogP contribution in [0.15, 0.2) is 24.3 Å². The quantitative estimate of drug-likeness (QED) is 0.866. The van der Waals surface area contributed by atoms with E-state index in [1.807, 2.05) is 24.3 Å². The highest BCUT2D eigenvalue weighted by Gasteiger charge is 2.47. The molecule has 4 amide bonds. The highest BCUT2D eigenvalue weighted by atomic mass is 16.2. The van der Waals surface area contributed by atoms with Gasteiger partial charge in [0.25, 0.3) is 5.91 Å². The number of carbonyl (C=O) groups is 3. The van der Waals surface area contributed by atoms with E-state index in [0.717, 1.165) is 22.6 Å². The Morgan fingerprint density at radius 3 is 2.62 bits per heavy atom. The summed E-state index contributed by atoms with van der Waals surface area (Å²) in [6.45, 7) is 6.57. The number of para-hydroxylation sites is 1. The zero-order valence-electron chi connectivity index (χ0n) is 14.3. The van der Waals surface area contributed by atoms with Crippen LogP contribution < -0.4 is 5.32 Å². The number of rotatable bonds is 3. The maximum Gasteiger partial charge on any atom is 0.327 e. The fourth-order valence-corrected chi connectivity index (χ4v) is 3.41. The van der Waals surface area contributed by atoms with Gasteiger partial charge in [-0.15, -0.1) is 0 Å². The van der Waals surface area contributed by atoms with E-state index < -0.39 is 0 Å². The molecule has 1 unspecified atom stereocenters. The average Bonchev–Trinajstić information content (AvgIpc) is 3.07. The SMILES string of the molecule is CC(C)(C)c1ccccc1NC(=O)CN1C(=O)C2CCCN2C1=O. The van der Waals surface area contributed by atoms with Gasteiger partial charge in [0.05, 0.1) is 0 Å². The minimum absolute atomic E-state index is 0.119. The van der Waals surface area contributed by atoms with E-state index in [1.54, 1.807) is 4.90 Å². The van der Waals surface area contributed by atoms with Gasteiger partial charge in [-0.25, -0.2) is 4.79 Å². The van der Waals surface area contributed by atoms with Crippen molar-refractivity contribution in [3.05, 3.63) is 29.8 Å². The summed E-state index contributed by atoms with van der Waals surface area (Å²) in [6.07, 6.45) is 1.54. The van der Waals surface area contributed by atoms with E-state index in [2.05, 4.69) is 26.1 Å². The molecule has 0 radical (unpaired) electrons. The summed E-state index contributed by atoms with van der Waals surface area (Å²) in [5.41, 5.74) is 1.61. The summed E-state index contributed by atoms with van der Waals surface area (Å²) >= 11 is 0. The zero-order valence-corrected chi connectivity index (χ0v) is 14.3. The van der Waals surface area contributed by atoms with Gasteiger partial charge in [0.2, 0.25) is 5.91 Å². The molecule has 0 bridgehead atoms. The maximum atomic E-state index is 12.4. The first-order valence-corrected chi connectivity index (χ1v) is 8.30. The molecule has 2 aliphatic rings. The van der Waals surface area contributed by atoms with Crippen LogP contribution in [-0.4, -0.2) is 46.8 Å². The van der Waals surface area contributed by atoms with Crippen LogP contribution >= 0.6 is 0 Å². The molecule has 1 N–H and O–H groups in total. The third-order valence-corrected chi connectivity index (χ3v) is 4.59. The molecule has 1 aromatic carbocycles. The van der Waals surface area contributed by atoms with E-state index in [1.165, 1.54) is 0 Å². The predicted octanol–water partition coefficient (Wildman–Crippen LogP) is 2.35. The third-order valence-electron chi connectivity index (χ3n) is 4.59. The number of imide groups is 1. The molecule has 2 saturated heterocycles. The second-order valence-electron chi connectivity index (χ2n) is 7.40. The molecule has 0 saturated carbocycles. The number of nitrogens with one attached hydrogen (secondary N) is 1. The van der Waals surface area contributed by atoms with Gasteiger partial charge in [-0.3, -0.25) is 14.5 Å². The van der Waals surface area contributed by atoms with Crippen LogP contribution in [0.2, 0.25) is 0 Å². The molecule has 2 aliphatic heterocycles. The summed E-state index contributed by atoms with van der Waals surface area (Å²) in [6, 6.07) is 6.88. The Morgan fingerprint density at radius 2 is 1.96 bits per heavy atom. The van der Waals surface area contributed by atoms with Gasteiger partial charge in [-0.05, 0) is 29.9 Å². The summed E-state index contributed by atoms with van der Waals surface area (Å²) in [7, 11) is 0. The molecule has 0 aromatic heterocycles.